The summed E-state index contributed by atoms with van der Waals surface area (Å²) in [6.45, 7) is 3.76. The molecule has 2 amide bonds. The molecule has 8 nitrogen and oxygen atoms in total. The number of carboxylic acid groups (broad SMARTS) is 1. The molecule has 2 atom stereocenters. The Morgan fingerprint density at radius 3 is 2.58 bits per heavy atom. The van der Waals surface area contributed by atoms with E-state index >= 15 is 0 Å². The van der Waals surface area contributed by atoms with E-state index in [1.54, 1.807) is 6.92 Å². The standard InChI is InChI=1S/C18H25N5O3/c1-3-15-21-17(23-22-15)12(2)19-18(26)20-14(9-10-16(24)25)11-13-7-5-4-6-8-13/h4-8,12,14H,3,9-11H2,1-2H3,(H,24,25)(H2,19,20,26)(H,21,22,23). The molecule has 0 aliphatic carbocycles. The smallest absolute Gasteiger partial charge is 0.315 e. The van der Waals surface area contributed by atoms with E-state index in [4.69, 9.17) is 5.11 Å². The van der Waals surface area contributed by atoms with E-state index in [1.165, 1.54) is 0 Å². The van der Waals surface area contributed by atoms with Crippen LogP contribution in [-0.2, 0) is 17.6 Å². The molecule has 0 radical (unpaired) electrons. The van der Waals surface area contributed by atoms with Gasteiger partial charge in [-0.15, -0.1) is 0 Å². The van der Waals surface area contributed by atoms with Gasteiger partial charge in [0.2, 0.25) is 0 Å². The molecule has 0 saturated heterocycles. The maximum Gasteiger partial charge on any atom is 0.315 e. The lowest BCUT2D eigenvalue weighted by molar-refractivity contribution is -0.137. The topological polar surface area (TPSA) is 120 Å². The average molecular weight is 359 g/mol. The molecule has 26 heavy (non-hydrogen) atoms. The average Bonchev–Trinajstić information content (AvgIpc) is 3.10. The van der Waals surface area contributed by atoms with Crippen molar-refractivity contribution in [3.63, 3.8) is 0 Å². The van der Waals surface area contributed by atoms with E-state index in [9.17, 15) is 9.59 Å². The van der Waals surface area contributed by atoms with Crippen molar-refractivity contribution in [1.29, 1.82) is 0 Å². The molecular weight excluding hydrogens is 334 g/mol. The largest absolute Gasteiger partial charge is 0.481 e. The molecule has 8 heteroatoms. The van der Waals surface area contributed by atoms with Gasteiger partial charge in [-0.1, -0.05) is 37.3 Å². The van der Waals surface area contributed by atoms with Crippen molar-refractivity contribution in [2.75, 3.05) is 0 Å². The zero-order chi connectivity index (χ0) is 18.9. The van der Waals surface area contributed by atoms with Gasteiger partial charge >= 0.3 is 12.0 Å². The van der Waals surface area contributed by atoms with E-state index in [1.807, 2.05) is 37.3 Å². The Bertz CT molecular complexity index is 717. The molecule has 0 bridgehead atoms. The number of rotatable bonds is 9. The molecule has 0 spiro atoms. The highest BCUT2D eigenvalue weighted by molar-refractivity contribution is 5.74. The fraction of sp³-hybridized carbons (Fsp3) is 0.444. The number of aryl methyl sites for hydroxylation is 1. The molecule has 1 aromatic carbocycles. The Hall–Kier alpha value is -2.90. The number of aliphatic carboxylic acids is 1. The zero-order valence-electron chi connectivity index (χ0n) is 15.0. The lowest BCUT2D eigenvalue weighted by atomic mass is 10.0. The number of aromatic nitrogens is 3. The summed E-state index contributed by atoms with van der Waals surface area (Å²) >= 11 is 0. The van der Waals surface area contributed by atoms with Crippen molar-refractivity contribution in [1.82, 2.24) is 25.8 Å². The van der Waals surface area contributed by atoms with Crippen molar-refractivity contribution < 1.29 is 14.7 Å². The number of benzene rings is 1. The molecule has 0 aliphatic rings. The molecule has 2 aromatic rings. The van der Waals surface area contributed by atoms with Crippen molar-refractivity contribution >= 4 is 12.0 Å². The minimum Gasteiger partial charge on any atom is -0.481 e. The summed E-state index contributed by atoms with van der Waals surface area (Å²) in [5, 5.41) is 21.5. The molecule has 1 heterocycles. The summed E-state index contributed by atoms with van der Waals surface area (Å²) in [4.78, 5) is 27.5. The quantitative estimate of drug-likeness (QED) is 0.547. The molecule has 2 rings (SSSR count). The van der Waals surface area contributed by atoms with Crippen molar-refractivity contribution in [2.45, 2.75) is 51.6 Å². The van der Waals surface area contributed by atoms with Gasteiger partial charge in [0.25, 0.3) is 0 Å². The maximum atomic E-state index is 12.3. The highest BCUT2D eigenvalue weighted by Gasteiger charge is 2.18. The summed E-state index contributed by atoms with van der Waals surface area (Å²) in [6.07, 6.45) is 1.65. The fourth-order valence-electron chi connectivity index (χ4n) is 2.57. The van der Waals surface area contributed by atoms with Crippen LogP contribution in [0.3, 0.4) is 0 Å². The third kappa shape index (κ3) is 6.19. The van der Waals surface area contributed by atoms with Crippen LogP contribution in [0, 0.1) is 0 Å². The van der Waals surface area contributed by atoms with E-state index in [0.717, 1.165) is 17.8 Å². The monoisotopic (exact) mass is 359 g/mol. The van der Waals surface area contributed by atoms with Crippen LogP contribution in [0.25, 0.3) is 0 Å². The van der Waals surface area contributed by atoms with Crippen LogP contribution < -0.4 is 10.6 Å². The summed E-state index contributed by atoms with van der Waals surface area (Å²) in [6, 6.07) is 8.65. The Labute approximate surface area is 152 Å². The van der Waals surface area contributed by atoms with Gasteiger partial charge in [-0.2, -0.15) is 5.10 Å². The van der Waals surface area contributed by atoms with Gasteiger partial charge in [0.1, 0.15) is 5.82 Å². The number of hydrogen-bond acceptors (Lipinski definition) is 4. The number of carboxylic acids is 1. The first-order valence-corrected chi connectivity index (χ1v) is 8.71. The highest BCUT2D eigenvalue weighted by atomic mass is 16.4. The Morgan fingerprint density at radius 2 is 1.96 bits per heavy atom. The molecule has 0 fully saturated rings. The summed E-state index contributed by atoms with van der Waals surface area (Å²) < 4.78 is 0. The minimum absolute atomic E-state index is 0.00584. The number of nitrogens with one attached hydrogen (secondary N) is 3. The van der Waals surface area contributed by atoms with E-state index in [-0.39, 0.29) is 24.5 Å². The fourth-order valence-corrected chi connectivity index (χ4v) is 2.57. The van der Waals surface area contributed by atoms with Crippen LogP contribution in [0.5, 0.6) is 0 Å². The van der Waals surface area contributed by atoms with Crippen LogP contribution in [-0.4, -0.2) is 38.3 Å². The van der Waals surface area contributed by atoms with Gasteiger partial charge in [0, 0.05) is 18.9 Å². The number of nitrogens with zero attached hydrogens (tertiary/aromatic N) is 2. The van der Waals surface area contributed by atoms with Gasteiger partial charge in [-0.05, 0) is 25.3 Å². The third-order valence-corrected chi connectivity index (χ3v) is 3.99. The molecular formula is C18H25N5O3. The number of amides is 2. The normalized spacial score (nSPS) is 13.0. The number of carbonyl (C=O) groups excluding carboxylic acids is 1. The number of carbonyl (C=O) groups is 2. The van der Waals surface area contributed by atoms with Crippen LogP contribution in [0.4, 0.5) is 4.79 Å². The van der Waals surface area contributed by atoms with Crippen molar-refractivity contribution in [3.05, 3.63) is 47.5 Å². The predicted octanol–water partition coefficient (Wildman–Crippen LogP) is 2.20. The zero-order valence-corrected chi connectivity index (χ0v) is 15.0. The van der Waals surface area contributed by atoms with Crippen molar-refractivity contribution in [3.8, 4) is 0 Å². The van der Waals surface area contributed by atoms with Gasteiger partial charge in [0.05, 0.1) is 6.04 Å². The van der Waals surface area contributed by atoms with Gasteiger partial charge in [-0.25, -0.2) is 9.78 Å². The SMILES string of the molecule is CCc1nc(C(C)NC(=O)NC(CCC(=O)O)Cc2ccccc2)n[nH]1. The van der Waals surface area contributed by atoms with Crippen molar-refractivity contribution in [2.24, 2.45) is 0 Å². The van der Waals surface area contributed by atoms with Crippen LogP contribution in [0.2, 0.25) is 0 Å². The van der Waals surface area contributed by atoms with Crippen LogP contribution >= 0.6 is 0 Å². The van der Waals surface area contributed by atoms with Crippen LogP contribution in [0.1, 0.15) is 49.9 Å². The summed E-state index contributed by atoms with van der Waals surface area (Å²) in [7, 11) is 0. The van der Waals surface area contributed by atoms with E-state index in [0.29, 0.717) is 18.7 Å². The van der Waals surface area contributed by atoms with Gasteiger partial charge in [0.15, 0.2) is 5.82 Å². The molecule has 0 saturated carbocycles. The second-order valence-corrected chi connectivity index (χ2v) is 6.15. The molecule has 1 aromatic heterocycles. The van der Waals surface area contributed by atoms with Gasteiger partial charge in [-0.3, -0.25) is 9.89 Å². The van der Waals surface area contributed by atoms with Gasteiger partial charge < -0.3 is 15.7 Å². The second kappa shape index (κ2) is 9.55. The predicted molar refractivity (Wildman–Crippen MR) is 96.6 cm³/mol. The lowest BCUT2D eigenvalue weighted by Crippen LogP contribution is -2.44. The third-order valence-electron chi connectivity index (χ3n) is 3.99. The Kier molecular flexibility index (Phi) is 7.13. The summed E-state index contributed by atoms with van der Waals surface area (Å²) in [5.41, 5.74) is 1.04. The first-order valence-electron chi connectivity index (χ1n) is 8.71. The summed E-state index contributed by atoms with van der Waals surface area (Å²) in [5.74, 6) is 0.395. The number of hydrogen-bond donors (Lipinski definition) is 4. The highest BCUT2D eigenvalue weighted by Crippen LogP contribution is 2.10. The molecule has 0 aliphatic heterocycles. The first kappa shape index (κ1) is 19.4. The van der Waals surface area contributed by atoms with E-state index < -0.39 is 5.97 Å². The number of H-pyrrole nitrogens is 1. The Morgan fingerprint density at radius 1 is 1.23 bits per heavy atom. The number of urea groups is 1. The Balaban J connectivity index is 1.94. The minimum atomic E-state index is -0.883. The molecule has 140 valence electrons. The molecule has 2 unspecified atom stereocenters. The lowest BCUT2D eigenvalue weighted by Gasteiger charge is -2.20. The second-order valence-electron chi connectivity index (χ2n) is 6.15. The van der Waals surface area contributed by atoms with Crippen LogP contribution in [0.15, 0.2) is 30.3 Å². The maximum absolute atomic E-state index is 12.3. The van der Waals surface area contributed by atoms with E-state index in [2.05, 4.69) is 25.8 Å². The first-order chi connectivity index (χ1) is 12.5. The number of aromatic amines is 1. The molecule has 4 N–H and O–H groups in total.